The van der Waals surface area contributed by atoms with E-state index in [0.29, 0.717) is 23.7 Å². The monoisotopic (exact) mass is 554 g/mol. The van der Waals surface area contributed by atoms with Gasteiger partial charge in [-0.2, -0.15) is 0 Å². The molecular weight excluding hydrogens is 516 g/mol. The van der Waals surface area contributed by atoms with Crippen molar-refractivity contribution in [3.8, 4) is 17.2 Å². The van der Waals surface area contributed by atoms with E-state index in [9.17, 15) is 19.2 Å². The summed E-state index contributed by atoms with van der Waals surface area (Å²) < 4.78 is 16.7. The number of likely N-dealkylation sites (N-methyl/N-ethyl adjacent to an activating group) is 1. The molecule has 0 spiro atoms. The van der Waals surface area contributed by atoms with Crippen LogP contribution in [0.4, 0.5) is 0 Å². The fourth-order valence-corrected chi connectivity index (χ4v) is 4.18. The molecule has 1 aliphatic rings. The smallest absolute Gasteiger partial charge is 0.255 e. The molecule has 3 rings (SSSR count). The Morgan fingerprint density at radius 3 is 2.60 bits per heavy atom. The van der Waals surface area contributed by atoms with Crippen LogP contribution in [-0.2, 0) is 14.4 Å². The average molecular weight is 555 g/mol. The van der Waals surface area contributed by atoms with E-state index in [2.05, 4.69) is 16.0 Å². The molecule has 3 N–H and O–H groups in total. The van der Waals surface area contributed by atoms with Crippen LogP contribution >= 0.6 is 0 Å². The summed E-state index contributed by atoms with van der Waals surface area (Å²) in [7, 11) is 3.19. The predicted octanol–water partition coefficient (Wildman–Crippen LogP) is 1.76. The first-order valence-corrected chi connectivity index (χ1v) is 13.3. The second-order valence-corrected chi connectivity index (χ2v) is 9.90. The average Bonchev–Trinajstić information content (AvgIpc) is 2.93. The lowest BCUT2D eigenvalue weighted by Crippen LogP contribution is -2.53. The maximum Gasteiger partial charge on any atom is 0.255 e. The van der Waals surface area contributed by atoms with Crippen LogP contribution in [0.5, 0.6) is 17.2 Å². The Morgan fingerprint density at radius 1 is 1.10 bits per heavy atom. The number of para-hydroxylation sites is 1. The fraction of sp³-hybridized carbons (Fsp3) is 0.448. The van der Waals surface area contributed by atoms with E-state index in [1.54, 1.807) is 62.7 Å². The minimum atomic E-state index is -1.20. The first-order chi connectivity index (χ1) is 19.2. The van der Waals surface area contributed by atoms with Crippen molar-refractivity contribution >= 4 is 23.6 Å². The largest absolute Gasteiger partial charge is 0.497 e. The van der Waals surface area contributed by atoms with Gasteiger partial charge in [-0.3, -0.25) is 19.2 Å². The Kier molecular flexibility index (Phi) is 11.2. The van der Waals surface area contributed by atoms with Crippen LogP contribution in [0, 0.1) is 5.92 Å². The van der Waals surface area contributed by atoms with Crippen molar-refractivity contribution in [2.75, 3.05) is 40.5 Å². The Bertz CT molecular complexity index is 1190. The minimum absolute atomic E-state index is 0.128. The summed E-state index contributed by atoms with van der Waals surface area (Å²) in [6.07, 6.45) is 0.0619. The number of ether oxygens (including phenoxy) is 3. The Hall–Kier alpha value is -4.28. The Labute approximate surface area is 234 Å². The van der Waals surface area contributed by atoms with Crippen molar-refractivity contribution in [3.05, 3.63) is 54.1 Å². The van der Waals surface area contributed by atoms with Crippen molar-refractivity contribution < 1.29 is 33.4 Å². The SMILES string of the molecule is COc1cccc(OCCNC(=O)[C@@H]2CC(=O)N[C@@H](CC(C)C)C(=O)N(C)CCOc3ccccc3C(=O)N2)c1. The molecule has 0 aliphatic carbocycles. The molecule has 1 heterocycles. The summed E-state index contributed by atoms with van der Waals surface area (Å²) in [6.45, 7) is 4.60. The summed E-state index contributed by atoms with van der Waals surface area (Å²) in [5, 5.41) is 8.14. The molecule has 2 aromatic carbocycles. The van der Waals surface area contributed by atoms with Gasteiger partial charge >= 0.3 is 0 Å². The van der Waals surface area contributed by atoms with Crippen LogP contribution in [0.3, 0.4) is 0 Å². The van der Waals surface area contributed by atoms with E-state index in [1.165, 1.54) is 4.90 Å². The van der Waals surface area contributed by atoms with Gasteiger partial charge in [0.25, 0.3) is 5.91 Å². The molecule has 0 radical (unpaired) electrons. The zero-order valence-electron chi connectivity index (χ0n) is 23.4. The lowest BCUT2D eigenvalue weighted by Gasteiger charge is -2.27. The van der Waals surface area contributed by atoms with Crippen LogP contribution in [0.1, 0.15) is 37.0 Å². The van der Waals surface area contributed by atoms with Gasteiger partial charge in [0.1, 0.15) is 42.5 Å². The van der Waals surface area contributed by atoms with E-state index >= 15 is 0 Å². The molecule has 4 amide bonds. The third-order valence-corrected chi connectivity index (χ3v) is 6.26. The van der Waals surface area contributed by atoms with Crippen LogP contribution in [-0.4, -0.2) is 81.1 Å². The molecule has 2 atom stereocenters. The Balaban J connectivity index is 1.76. The lowest BCUT2D eigenvalue weighted by atomic mass is 10.0. The normalized spacial score (nSPS) is 18.5. The Morgan fingerprint density at radius 2 is 1.85 bits per heavy atom. The third kappa shape index (κ3) is 8.89. The molecule has 0 aromatic heterocycles. The number of hydrogen-bond acceptors (Lipinski definition) is 7. The van der Waals surface area contributed by atoms with Gasteiger partial charge in [-0.05, 0) is 36.6 Å². The lowest BCUT2D eigenvalue weighted by molar-refractivity contribution is -0.136. The van der Waals surface area contributed by atoms with Crippen molar-refractivity contribution in [1.82, 2.24) is 20.9 Å². The molecule has 11 nitrogen and oxygen atoms in total. The molecule has 216 valence electrons. The first-order valence-electron chi connectivity index (χ1n) is 13.3. The van der Waals surface area contributed by atoms with Crippen LogP contribution in [0.15, 0.2) is 48.5 Å². The summed E-state index contributed by atoms with van der Waals surface area (Å²) in [4.78, 5) is 54.0. The highest BCUT2D eigenvalue weighted by Crippen LogP contribution is 2.20. The molecule has 0 saturated heterocycles. The van der Waals surface area contributed by atoms with Gasteiger partial charge in [0.2, 0.25) is 17.7 Å². The molecule has 40 heavy (non-hydrogen) atoms. The van der Waals surface area contributed by atoms with Crippen molar-refractivity contribution in [2.45, 2.75) is 38.8 Å². The van der Waals surface area contributed by atoms with E-state index in [-0.39, 0.29) is 50.1 Å². The number of nitrogens with zero attached hydrogens (tertiary/aromatic N) is 1. The maximum atomic E-state index is 13.2. The van der Waals surface area contributed by atoms with Gasteiger partial charge in [0.05, 0.1) is 32.2 Å². The highest BCUT2D eigenvalue weighted by molar-refractivity contribution is 6.01. The third-order valence-electron chi connectivity index (χ3n) is 6.26. The number of amides is 4. The maximum absolute atomic E-state index is 13.2. The summed E-state index contributed by atoms with van der Waals surface area (Å²) in [6, 6.07) is 11.7. The number of nitrogens with one attached hydrogen (secondary N) is 3. The van der Waals surface area contributed by atoms with Crippen LogP contribution in [0.2, 0.25) is 0 Å². The van der Waals surface area contributed by atoms with Crippen molar-refractivity contribution in [2.24, 2.45) is 5.92 Å². The second-order valence-electron chi connectivity index (χ2n) is 9.90. The van der Waals surface area contributed by atoms with E-state index < -0.39 is 29.8 Å². The van der Waals surface area contributed by atoms with E-state index in [0.717, 1.165) is 0 Å². The first kappa shape index (κ1) is 30.3. The van der Waals surface area contributed by atoms with Gasteiger partial charge in [0, 0.05) is 13.1 Å². The molecule has 0 unspecified atom stereocenters. The van der Waals surface area contributed by atoms with E-state index in [4.69, 9.17) is 14.2 Å². The van der Waals surface area contributed by atoms with Gasteiger partial charge < -0.3 is 35.1 Å². The molecule has 0 bridgehead atoms. The topological polar surface area (TPSA) is 135 Å². The number of fused-ring (bicyclic) bond motifs is 1. The zero-order valence-corrected chi connectivity index (χ0v) is 23.4. The van der Waals surface area contributed by atoms with Gasteiger partial charge in [-0.15, -0.1) is 0 Å². The van der Waals surface area contributed by atoms with Crippen molar-refractivity contribution in [3.63, 3.8) is 0 Å². The quantitative estimate of drug-likeness (QED) is 0.423. The fourth-order valence-electron chi connectivity index (χ4n) is 4.18. The summed E-state index contributed by atoms with van der Waals surface area (Å²) in [5.74, 6) is -0.248. The van der Waals surface area contributed by atoms with Gasteiger partial charge in [-0.25, -0.2) is 0 Å². The van der Waals surface area contributed by atoms with Crippen LogP contribution < -0.4 is 30.2 Å². The number of methoxy groups -OCH3 is 1. The van der Waals surface area contributed by atoms with E-state index in [1.807, 2.05) is 13.8 Å². The zero-order chi connectivity index (χ0) is 29.1. The number of hydrogen-bond donors (Lipinski definition) is 3. The highest BCUT2D eigenvalue weighted by Gasteiger charge is 2.30. The molecule has 1 aliphatic heterocycles. The number of benzene rings is 2. The molecule has 0 fully saturated rings. The summed E-state index contributed by atoms with van der Waals surface area (Å²) in [5.41, 5.74) is 0.214. The van der Waals surface area contributed by atoms with Crippen LogP contribution in [0.25, 0.3) is 0 Å². The van der Waals surface area contributed by atoms with Gasteiger partial charge in [0.15, 0.2) is 0 Å². The second kappa shape index (κ2) is 14.8. The number of carbonyl (C=O) groups is 4. The van der Waals surface area contributed by atoms with Crippen molar-refractivity contribution in [1.29, 1.82) is 0 Å². The predicted molar refractivity (Wildman–Crippen MR) is 148 cm³/mol. The number of rotatable bonds is 8. The van der Waals surface area contributed by atoms with Gasteiger partial charge in [-0.1, -0.05) is 32.0 Å². The molecule has 0 saturated carbocycles. The molecular formula is C29H38N4O7. The minimum Gasteiger partial charge on any atom is -0.497 e. The standard InChI is InChI=1S/C29H38N4O7/c1-19(2)16-24-29(37)33(3)13-15-40-25-11-6-5-10-22(25)27(35)32-23(18-26(34)31-24)28(36)30-12-14-39-21-9-7-8-20(17-21)38-4/h5-11,17,19,23-24H,12-16,18H2,1-4H3,(H,30,36)(H,31,34)(H,32,35)/t23-,24-/m0/s1. The number of carbonyl (C=O) groups excluding carboxylic acids is 4. The highest BCUT2D eigenvalue weighted by atomic mass is 16.5. The molecule has 11 heteroatoms. The molecule has 2 aromatic rings. The summed E-state index contributed by atoms with van der Waals surface area (Å²) >= 11 is 0.